The Morgan fingerprint density at radius 1 is 1.32 bits per heavy atom. The first kappa shape index (κ1) is 16.4. The molecule has 0 aromatic rings. The molecule has 5 heteroatoms. The van der Waals surface area contributed by atoms with Gasteiger partial charge in [0.15, 0.2) is 0 Å². The van der Waals surface area contributed by atoms with Gasteiger partial charge in [0, 0.05) is 38.3 Å². The molecule has 112 valence electrons. The van der Waals surface area contributed by atoms with Crippen molar-refractivity contribution >= 4 is 5.91 Å². The maximum absolute atomic E-state index is 12.1. The Balaban J connectivity index is 2.54. The minimum Gasteiger partial charge on any atom is -0.396 e. The van der Waals surface area contributed by atoms with Crippen molar-refractivity contribution in [3.05, 3.63) is 0 Å². The van der Waals surface area contributed by atoms with Gasteiger partial charge in [0.2, 0.25) is 5.91 Å². The lowest BCUT2D eigenvalue weighted by Gasteiger charge is -2.39. The van der Waals surface area contributed by atoms with E-state index in [1.165, 1.54) is 0 Å². The van der Waals surface area contributed by atoms with Gasteiger partial charge in [0.25, 0.3) is 0 Å². The lowest BCUT2D eigenvalue weighted by atomic mass is 9.91. The second-order valence-electron chi connectivity index (χ2n) is 5.74. The summed E-state index contributed by atoms with van der Waals surface area (Å²) in [6.07, 6.45) is 2.48. The Morgan fingerprint density at radius 2 is 2.05 bits per heavy atom. The number of nitrogens with one attached hydrogen (secondary N) is 1. The molecule has 1 amide bonds. The molecule has 0 saturated carbocycles. The Bertz CT molecular complexity index is 271. The molecule has 19 heavy (non-hydrogen) atoms. The van der Waals surface area contributed by atoms with E-state index in [0.717, 1.165) is 38.9 Å². The minimum atomic E-state index is 0.0194. The van der Waals surface area contributed by atoms with E-state index >= 15 is 0 Å². The molecule has 3 N–H and O–H groups in total. The zero-order valence-corrected chi connectivity index (χ0v) is 12.1. The van der Waals surface area contributed by atoms with Gasteiger partial charge in [0.05, 0.1) is 0 Å². The highest BCUT2D eigenvalue weighted by Gasteiger charge is 2.30. The van der Waals surface area contributed by atoms with Crippen LogP contribution in [-0.4, -0.2) is 59.9 Å². The second-order valence-corrected chi connectivity index (χ2v) is 5.74. The fourth-order valence-electron chi connectivity index (χ4n) is 2.67. The van der Waals surface area contributed by atoms with E-state index in [0.29, 0.717) is 5.92 Å². The smallest absolute Gasteiger partial charge is 0.225 e. The molecule has 0 radical (unpaired) electrons. The summed E-state index contributed by atoms with van der Waals surface area (Å²) < 4.78 is 0. The molecular formula is C14H28N2O3. The molecule has 0 aliphatic carbocycles. The standard InChI is InChI=1S/C14H28N2O3/c1-11(2)14(19)16-9-12(4-7-18)8-13(10-16)15-5-3-6-17/h11-13,15,17-18H,3-10H2,1-2H3. The van der Waals surface area contributed by atoms with E-state index in [2.05, 4.69) is 5.32 Å². The summed E-state index contributed by atoms with van der Waals surface area (Å²) in [7, 11) is 0. The first-order chi connectivity index (χ1) is 9.08. The molecule has 1 aliphatic heterocycles. The molecule has 0 spiro atoms. The lowest BCUT2D eigenvalue weighted by Crippen LogP contribution is -2.52. The topological polar surface area (TPSA) is 72.8 Å². The van der Waals surface area contributed by atoms with E-state index in [4.69, 9.17) is 10.2 Å². The van der Waals surface area contributed by atoms with Crippen LogP contribution < -0.4 is 5.32 Å². The van der Waals surface area contributed by atoms with Crippen molar-refractivity contribution in [2.45, 2.75) is 39.2 Å². The second kappa shape index (κ2) is 8.51. The van der Waals surface area contributed by atoms with Gasteiger partial charge >= 0.3 is 0 Å². The highest BCUT2D eigenvalue weighted by atomic mass is 16.3. The van der Waals surface area contributed by atoms with Crippen LogP contribution in [0.15, 0.2) is 0 Å². The fourth-order valence-corrected chi connectivity index (χ4v) is 2.67. The average Bonchev–Trinajstić information content (AvgIpc) is 2.38. The third-order valence-electron chi connectivity index (χ3n) is 3.65. The molecule has 1 aliphatic rings. The van der Waals surface area contributed by atoms with E-state index in [1.807, 2.05) is 18.7 Å². The van der Waals surface area contributed by atoms with Crippen molar-refractivity contribution in [2.75, 3.05) is 32.8 Å². The Kier molecular flexibility index (Phi) is 7.34. The van der Waals surface area contributed by atoms with Crippen LogP contribution >= 0.6 is 0 Å². The van der Waals surface area contributed by atoms with Crippen LogP contribution in [0.25, 0.3) is 0 Å². The molecule has 2 unspecified atom stereocenters. The third-order valence-corrected chi connectivity index (χ3v) is 3.65. The molecule has 0 aromatic heterocycles. The van der Waals surface area contributed by atoms with Crippen molar-refractivity contribution in [3.63, 3.8) is 0 Å². The number of carbonyl (C=O) groups is 1. The van der Waals surface area contributed by atoms with Crippen LogP contribution in [0, 0.1) is 11.8 Å². The summed E-state index contributed by atoms with van der Waals surface area (Å²) in [6, 6.07) is 0.277. The van der Waals surface area contributed by atoms with Crippen LogP contribution in [0.2, 0.25) is 0 Å². The Hall–Kier alpha value is -0.650. The Labute approximate surface area is 116 Å². The van der Waals surface area contributed by atoms with Gasteiger partial charge in [-0.1, -0.05) is 13.8 Å². The number of likely N-dealkylation sites (tertiary alicyclic amines) is 1. The first-order valence-electron chi connectivity index (χ1n) is 7.32. The molecule has 1 heterocycles. The summed E-state index contributed by atoms with van der Waals surface area (Å²) in [5.41, 5.74) is 0. The first-order valence-corrected chi connectivity index (χ1v) is 7.32. The van der Waals surface area contributed by atoms with Crippen molar-refractivity contribution in [1.29, 1.82) is 0 Å². The molecule has 2 atom stereocenters. The number of rotatable bonds is 7. The lowest BCUT2D eigenvalue weighted by molar-refractivity contribution is -0.137. The zero-order valence-electron chi connectivity index (χ0n) is 12.1. The summed E-state index contributed by atoms with van der Waals surface area (Å²) in [5, 5.41) is 21.3. The molecule has 1 rings (SSSR count). The van der Waals surface area contributed by atoms with E-state index < -0.39 is 0 Å². The van der Waals surface area contributed by atoms with E-state index in [9.17, 15) is 4.79 Å². The van der Waals surface area contributed by atoms with Gasteiger partial charge in [-0.15, -0.1) is 0 Å². The highest BCUT2D eigenvalue weighted by Crippen LogP contribution is 2.21. The van der Waals surface area contributed by atoms with Crippen molar-refractivity contribution in [3.8, 4) is 0 Å². The van der Waals surface area contributed by atoms with E-state index in [1.54, 1.807) is 0 Å². The predicted molar refractivity (Wildman–Crippen MR) is 74.7 cm³/mol. The molecule has 0 bridgehead atoms. The van der Waals surface area contributed by atoms with Gasteiger partial charge in [-0.05, 0) is 31.7 Å². The van der Waals surface area contributed by atoms with Crippen LogP contribution in [0.5, 0.6) is 0 Å². The van der Waals surface area contributed by atoms with Crippen molar-refractivity contribution < 1.29 is 15.0 Å². The summed E-state index contributed by atoms with van der Waals surface area (Å²) in [6.45, 7) is 6.49. The predicted octanol–water partition coefficient (Wildman–Crippen LogP) is 0.214. The highest BCUT2D eigenvalue weighted by molar-refractivity contribution is 5.78. The van der Waals surface area contributed by atoms with Gasteiger partial charge < -0.3 is 20.4 Å². The number of hydrogen-bond acceptors (Lipinski definition) is 4. The van der Waals surface area contributed by atoms with Crippen LogP contribution in [-0.2, 0) is 4.79 Å². The van der Waals surface area contributed by atoms with Crippen molar-refractivity contribution in [2.24, 2.45) is 11.8 Å². The number of aliphatic hydroxyl groups is 2. The van der Waals surface area contributed by atoms with Crippen LogP contribution in [0.3, 0.4) is 0 Å². The van der Waals surface area contributed by atoms with Gasteiger partial charge in [-0.25, -0.2) is 0 Å². The monoisotopic (exact) mass is 272 g/mol. The minimum absolute atomic E-state index is 0.0194. The average molecular weight is 272 g/mol. The van der Waals surface area contributed by atoms with Crippen LogP contribution in [0.1, 0.15) is 33.1 Å². The maximum atomic E-state index is 12.1. The number of amides is 1. The number of carbonyl (C=O) groups excluding carboxylic acids is 1. The fraction of sp³-hybridized carbons (Fsp3) is 0.929. The van der Waals surface area contributed by atoms with Crippen LogP contribution in [0.4, 0.5) is 0 Å². The number of aliphatic hydroxyl groups excluding tert-OH is 2. The molecule has 1 fully saturated rings. The quantitative estimate of drug-likeness (QED) is 0.580. The number of hydrogen-bond donors (Lipinski definition) is 3. The SMILES string of the molecule is CC(C)C(=O)N1CC(CCO)CC(NCCCO)C1. The summed E-state index contributed by atoms with van der Waals surface area (Å²) in [5.74, 6) is 0.579. The number of piperidine rings is 1. The number of nitrogens with zero attached hydrogens (tertiary/aromatic N) is 1. The molecule has 5 nitrogen and oxygen atoms in total. The summed E-state index contributed by atoms with van der Waals surface area (Å²) >= 11 is 0. The summed E-state index contributed by atoms with van der Waals surface area (Å²) in [4.78, 5) is 14.0. The third kappa shape index (κ3) is 5.47. The van der Waals surface area contributed by atoms with E-state index in [-0.39, 0.29) is 31.1 Å². The molecule has 1 saturated heterocycles. The molecular weight excluding hydrogens is 244 g/mol. The largest absolute Gasteiger partial charge is 0.396 e. The van der Waals surface area contributed by atoms with Gasteiger partial charge in [0.1, 0.15) is 0 Å². The van der Waals surface area contributed by atoms with Gasteiger partial charge in [-0.2, -0.15) is 0 Å². The zero-order chi connectivity index (χ0) is 14.3. The normalized spacial score (nSPS) is 23.9. The maximum Gasteiger partial charge on any atom is 0.225 e. The van der Waals surface area contributed by atoms with Crippen molar-refractivity contribution in [1.82, 2.24) is 10.2 Å². The van der Waals surface area contributed by atoms with Gasteiger partial charge in [-0.3, -0.25) is 4.79 Å². The Morgan fingerprint density at radius 3 is 2.63 bits per heavy atom. The molecule has 0 aromatic carbocycles.